The Morgan fingerprint density at radius 1 is 1.48 bits per heavy atom. The van der Waals surface area contributed by atoms with Gasteiger partial charge >= 0.3 is 5.97 Å². The van der Waals surface area contributed by atoms with Crippen molar-refractivity contribution in [2.24, 2.45) is 0 Å². The number of hydrogen-bond acceptors (Lipinski definition) is 4. The van der Waals surface area contributed by atoms with Crippen molar-refractivity contribution in [3.05, 3.63) is 28.7 Å². The van der Waals surface area contributed by atoms with Crippen LogP contribution < -0.4 is 5.32 Å². The number of aryl methyl sites for hydroxylation is 2. The van der Waals surface area contributed by atoms with Gasteiger partial charge in [0.05, 0.1) is 17.0 Å². The lowest BCUT2D eigenvalue weighted by atomic mass is 9.83. The third-order valence-electron chi connectivity index (χ3n) is 4.13. The number of hydrogen-bond donors (Lipinski definition) is 1. The first kappa shape index (κ1) is 13.9. The van der Waals surface area contributed by atoms with E-state index in [2.05, 4.69) is 10.4 Å². The SMILES string of the molecule is CCn1cc([C@H]2CC(=O)NC3=C2C(=O)OC3(C)C)c(C)n1. The largest absolute Gasteiger partial charge is 0.450 e. The van der Waals surface area contributed by atoms with E-state index in [1.165, 1.54) is 0 Å². The van der Waals surface area contributed by atoms with Gasteiger partial charge in [0.2, 0.25) is 5.91 Å². The monoisotopic (exact) mass is 289 g/mol. The maximum Gasteiger partial charge on any atom is 0.337 e. The molecule has 3 heterocycles. The minimum atomic E-state index is -0.782. The first-order valence-electron chi connectivity index (χ1n) is 7.15. The molecule has 0 aromatic carbocycles. The van der Waals surface area contributed by atoms with Crippen molar-refractivity contribution in [1.82, 2.24) is 15.1 Å². The number of nitrogens with zero attached hydrogens (tertiary/aromatic N) is 2. The highest BCUT2D eigenvalue weighted by Gasteiger charge is 2.48. The summed E-state index contributed by atoms with van der Waals surface area (Å²) in [5.41, 5.74) is 2.15. The molecule has 2 aliphatic rings. The lowest BCUT2D eigenvalue weighted by molar-refractivity contribution is -0.144. The van der Waals surface area contributed by atoms with Gasteiger partial charge in [0.1, 0.15) is 5.60 Å². The molecule has 0 unspecified atom stereocenters. The summed E-state index contributed by atoms with van der Waals surface area (Å²) in [4.78, 5) is 24.3. The third-order valence-corrected chi connectivity index (χ3v) is 4.13. The molecule has 1 N–H and O–H groups in total. The predicted molar refractivity (Wildman–Crippen MR) is 75.3 cm³/mol. The molecule has 1 aromatic heterocycles. The van der Waals surface area contributed by atoms with Crippen molar-refractivity contribution in [1.29, 1.82) is 0 Å². The molecule has 3 rings (SSSR count). The van der Waals surface area contributed by atoms with Gasteiger partial charge in [-0.2, -0.15) is 5.10 Å². The second-order valence-corrected chi connectivity index (χ2v) is 6.02. The smallest absolute Gasteiger partial charge is 0.337 e. The minimum Gasteiger partial charge on any atom is -0.450 e. The van der Waals surface area contributed by atoms with Crippen LogP contribution in [0.3, 0.4) is 0 Å². The van der Waals surface area contributed by atoms with Crippen LogP contribution in [0.4, 0.5) is 0 Å². The van der Waals surface area contributed by atoms with Crippen molar-refractivity contribution >= 4 is 11.9 Å². The highest BCUT2D eigenvalue weighted by molar-refractivity contribution is 5.99. The summed E-state index contributed by atoms with van der Waals surface area (Å²) in [7, 11) is 0. The molecule has 0 aliphatic carbocycles. The molecule has 6 nitrogen and oxygen atoms in total. The van der Waals surface area contributed by atoms with E-state index in [1.807, 2.05) is 24.7 Å². The predicted octanol–water partition coefficient (Wildman–Crippen LogP) is 1.40. The lowest BCUT2D eigenvalue weighted by Gasteiger charge is -2.26. The van der Waals surface area contributed by atoms with Crippen molar-refractivity contribution in [2.45, 2.75) is 52.2 Å². The van der Waals surface area contributed by atoms with E-state index in [9.17, 15) is 9.59 Å². The molecule has 0 fully saturated rings. The second kappa shape index (κ2) is 4.44. The molecular weight excluding hydrogens is 270 g/mol. The third kappa shape index (κ3) is 2.05. The maximum absolute atomic E-state index is 12.2. The van der Waals surface area contributed by atoms with Crippen LogP contribution in [0.15, 0.2) is 17.5 Å². The van der Waals surface area contributed by atoms with Crippen LogP contribution in [0, 0.1) is 6.92 Å². The first-order valence-corrected chi connectivity index (χ1v) is 7.15. The number of esters is 1. The van der Waals surface area contributed by atoms with Gasteiger partial charge in [0.25, 0.3) is 0 Å². The average Bonchev–Trinajstić information content (AvgIpc) is 2.87. The van der Waals surface area contributed by atoms with Crippen molar-refractivity contribution in [3.63, 3.8) is 0 Å². The Hall–Kier alpha value is -2.11. The zero-order valence-corrected chi connectivity index (χ0v) is 12.7. The summed E-state index contributed by atoms with van der Waals surface area (Å²) in [6, 6.07) is 0. The summed E-state index contributed by atoms with van der Waals surface area (Å²) < 4.78 is 7.24. The Labute approximate surface area is 123 Å². The number of nitrogens with one attached hydrogen (secondary N) is 1. The zero-order valence-electron chi connectivity index (χ0n) is 12.7. The van der Waals surface area contributed by atoms with Crippen LogP contribution in [0.25, 0.3) is 0 Å². The lowest BCUT2D eigenvalue weighted by Crippen LogP contribution is -2.38. The van der Waals surface area contributed by atoms with Gasteiger partial charge < -0.3 is 10.1 Å². The molecule has 0 saturated heterocycles. The van der Waals surface area contributed by atoms with Crippen LogP contribution in [0.2, 0.25) is 0 Å². The molecule has 0 radical (unpaired) electrons. The fraction of sp³-hybridized carbons (Fsp3) is 0.533. The Morgan fingerprint density at radius 3 is 2.81 bits per heavy atom. The van der Waals surface area contributed by atoms with E-state index >= 15 is 0 Å². The highest BCUT2D eigenvalue weighted by Crippen LogP contribution is 2.43. The molecule has 0 saturated carbocycles. The molecule has 112 valence electrons. The second-order valence-electron chi connectivity index (χ2n) is 6.02. The Bertz CT molecular complexity index is 670. The van der Waals surface area contributed by atoms with Crippen LogP contribution in [0.5, 0.6) is 0 Å². The molecule has 2 aliphatic heterocycles. The molecule has 1 amide bonds. The summed E-state index contributed by atoms with van der Waals surface area (Å²) >= 11 is 0. The number of cyclic esters (lactones) is 1. The minimum absolute atomic E-state index is 0.0891. The van der Waals surface area contributed by atoms with E-state index in [0.717, 1.165) is 17.8 Å². The number of rotatable bonds is 2. The molecule has 0 bridgehead atoms. The van der Waals surface area contributed by atoms with E-state index in [-0.39, 0.29) is 24.2 Å². The molecule has 1 aromatic rings. The average molecular weight is 289 g/mol. The van der Waals surface area contributed by atoms with Crippen molar-refractivity contribution in [2.75, 3.05) is 0 Å². The molecule has 21 heavy (non-hydrogen) atoms. The van der Waals surface area contributed by atoms with Crippen LogP contribution in [-0.4, -0.2) is 27.3 Å². The molecule has 0 spiro atoms. The van der Waals surface area contributed by atoms with Crippen molar-refractivity contribution in [3.8, 4) is 0 Å². The van der Waals surface area contributed by atoms with E-state index in [1.54, 1.807) is 13.8 Å². The van der Waals surface area contributed by atoms with Gasteiger partial charge in [-0.15, -0.1) is 0 Å². The number of aromatic nitrogens is 2. The summed E-state index contributed by atoms with van der Waals surface area (Å²) in [6.45, 7) is 8.24. The van der Waals surface area contributed by atoms with Crippen molar-refractivity contribution < 1.29 is 14.3 Å². The normalized spacial score (nSPS) is 23.9. The van der Waals surface area contributed by atoms with Gasteiger partial charge in [-0.05, 0) is 27.7 Å². The Morgan fingerprint density at radius 2 is 2.19 bits per heavy atom. The van der Waals surface area contributed by atoms with E-state index in [0.29, 0.717) is 11.3 Å². The zero-order chi connectivity index (χ0) is 15.4. The van der Waals surface area contributed by atoms with Gasteiger partial charge in [0, 0.05) is 30.6 Å². The highest BCUT2D eigenvalue weighted by atomic mass is 16.6. The summed E-state index contributed by atoms with van der Waals surface area (Å²) in [6.07, 6.45) is 2.17. The van der Waals surface area contributed by atoms with Gasteiger partial charge in [-0.25, -0.2) is 4.79 Å². The van der Waals surface area contributed by atoms with Crippen LogP contribution in [0.1, 0.15) is 44.4 Å². The van der Waals surface area contributed by atoms with Crippen LogP contribution in [-0.2, 0) is 20.9 Å². The number of carbonyl (C=O) groups is 2. The molecular formula is C15H19N3O3. The first-order chi connectivity index (χ1) is 9.83. The maximum atomic E-state index is 12.2. The number of amides is 1. The van der Waals surface area contributed by atoms with E-state index in [4.69, 9.17) is 4.74 Å². The van der Waals surface area contributed by atoms with Gasteiger partial charge in [0.15, 0.2) is 0 Å². The number of carbonyl (C=O) groups excluding carboxylic acids is 2. The summed E-state index contributed by atoms with van der Waals surface area (Å²) in [5, 5.41) is 7.22. The standard InChI is InChI=1S/C15H19N3O3/c1-5-18-7-10(8(2)17-18)9-6-11(19)16-13-12(9)14(20)21-15(13,3)4/h7,9H,5-6H2,1-4H3,(H,16,19)/t9-/m1/s1. The van der Waals surface area contributed by atoms with Gasteiger partial charge in [-0.3, -0.25) is 9.48 Å². The molecule has 1 atom stereocenters. The van der Waals surface area contributed by atoms with Gasteiger partial charge in [-0.1, -0.05) is 0 Å². The Balaban J connectivity index is 2.13. The van der Waals surface area contributed by atoms with Crippen LogP contribution >= 0.6 is 0 Å². The fourth-order valence-corrected chi connectivity index (χ4v) is 3.08. The summed E-state index contributed by atoms with van der Waals surface area (Å²) in [5.74, 6) is -0.708. The molecule has 6 heteroatoms. The quantitative estimate of drug-likeness (QED) is 0.835. The topological polar surface area (TPSA) is 73.2 Å². The van der Waals surface area contributed by atoms with E-state index < -0.39 is 5.60 Å². The fourth-order valence-electron chi connectivity index (χ4n) is 3.08. The number of ether oxygens (including phenoxy) is 1. The Kier molecular flexibility index (Phi) is 2.93.